The molecular weight excluding hydrogens is 318 g/mol. The maximum atomic E-state index is 12.9. The maximum absolute atomic E-state index is 12.9. The molecule has 1 atom stereocenters. The average molecular weight is 339 g/mol. The first-order valence-corrected chi connectivity index (χ1v) is 8.48. The number of fused-ring (bicyclic) bond motifs is 1. The van der Waals surface area contributed by atoms with Gasteiger partial charge in [-0.15, -0.1) is 0 Å². The van der Waals surface area contributed by atoms with E-state index in [9.17, 15) is 9.59 Å². The van der Waals surface area contributed by atoms with Crippen LogP contribution >= 0.6 is 0 Å². The Morgan fingerprint density at radius 2 is 2.00 bits per heavy atom. The fourth-order valence-corrected chi connectivity index (χ4v) is 3.77. The molecule has 0 spiro atoms. The van der Waals surface area contributed by atoms with Crippen molar-refractivity contribution in [3.63, 3.8) is 0 Å². The minimum atomic E-state index is -0.160. The van der Waals surface area contributed by atoms with Crippen LogP contribution in [0.2, 0.25) is 0 Å². The largest absolute Gasteiger partial charge is 0.334 e. The Balaban J connectivity index is 1.64. The molecule has 1 aliphatic rings. The number of benzene rings is 1. The smallest absolute Gasteiger partial charge is 0.329 e. The first-order chi connectivity index (χ1) is 12.1. The van der Waals surface area contributed by atoms with E-state index < -0.39 is 0 Å². The van der Waals surface area contributed by atoms with Gasteiger partial charge in [-0.2, -0.15) is 5.10 Å². The lowest BCUT2D eigenvalue weighted by molar-refractivity contribution is -0.132. The highest BCUT2D eigenvalue weighted by Crippen LogP contribution is 2.31. The van der Waals surface area contributed by atoms with E-state index in [1.54, 1.807) is 20.9 Å². The molecule has 3 heterocycles. The van der Waals surface area contributed by atoms with Crippen molar-refractivity contribution in [3.8, 4) is 0 Å². The summed E-state index contributed by atoms with van der Waals surface area (Å²) in [6.45, 7) is 0.787. The van der Waals surface area contributed by atoms with Gasteiger partial charge < -0.3 is 4.90 Å². The second kappa shape index (κ2) is 5.91. The van der Waals surface area contributed by atoms with Crippen LogP contribution in [-0.2, 0) is 25.4 Å². The standard InChI is InChI=1S/C18H21N5O2/c1-20-11-13(10-19-20)14-8-5-9-22(14)17(24)12-23-16-7-4-3-6-15(16)21(2)18(23)25/h3-4,6-7,10-11,14H,5,8-9,12H2,1-2H3/t14-/m0/s1. The minimum absolute atomic E-state index is 0.0233. The first kappa shape index (κ1) is 15.7. The van der Waals surface area contributed by atoms with Crippen molar-refractivity contribution >= 4 is 16.9 Å². The second-order valence-corrected chi connectivity index (χ2v) is 6.61. The van der Waals surface area contributed by atoms with E-state index in [1.165, 1.54) is 0 Å². The average Bonchev–Trinajstić information content (AvgIpc) is 3.31. The SMILES string of the molecule is Cn1cc([C@@H]2CCCN2C(=O)Cn2c(=O)n(C)c3ccccc32)cn1. The van der Waals surface area contributed by atoms with Crippen molar-refractivity contribution < 1.29 is 4.79 Å². The zero-order valence-corrected chi connectivity index (χ0v) is 14.4. The molecule has 0 N–H and O–H groups in total. The van der Waals surface area contributed by atoms with Gasteiger partial charge in [0.15, 0.2) is 0 Å². The van der Waals surface area contributed by atoms with E-state index in [0.29, 0.717) is 0 Å². The predicted octanol–water partition coefficient (Wildman–Crippen LogP) is 1.44. The topological polar surface area (TPSA) is 65.1 Å². The molecule has 130 valence electrons. The summed E-state index contributed by atoms with van der Waals surface area (Å²) in [5, 5.41) is 4.22. The van der Waals surface area contributed by atoms with Gasteiger partial charge in [0.2, 0.25) is 5.91 Å². The molecular formula is C18H21N5O2. The molecule has 1 aromatic carbocycles. The normalized spacial score (nSPS) is 17.5. The molecule has 3 aromatic rings. The number of hydrogen-bond donors (Lipinski definition) is 0. The van der Waals surface area contributed by atoms with Gasteiger partial charge in [0.25, 0.3) is 0 Å². The van der Waals surface area contributed by atoms with Crippen LogP contribution in [-0.4, -0.2) is 36.3 Å². The van der Waals surface area contributed by atoms with Gasteiger partial charge in [-0.1, -0.05) is 12.1 Å². The Morgan fingerprint density at radius 1 is 1.24 bits per heavy atom. The Bertz CT molecular complexity index is 996. The molecule has 1 fully saturated rings. The zero-order chi connectivity index (χ0) is 17.6. The number of aryl methyl sites for hydroxylation is 2. The van der Waals surface area contributed by atoms with Gasteiger partial charge in [0.05, 0.1) is 23.3 Å². The van der Waals surface area contributed by atoms with E-state index in [2.05, 4.69) is 5.10 Å². The number of para-hydroxylation sites is 2. The third kappa shape index (κ3) is 2.56. The van der Waals surface area contributed by atoms with Crippen molar-refractivity contribution in [2.24, 2.45) is 14.1 Å². The Kier molecular flexibility index (Phi) is 3.71. The van der Waals surface area contributed by atoms with Crippen LogP contribution in [0.15, 0.2) is 41.5 Å². The lowest BCUT2D eigenvalue weighted by atomic mass is 10.1. The fourth-order valence-electron chi connectivity index (χ4n) is 3.77. The first-order valence-electron chi connectivity index (χ1n) is 8.48. The molecule has 7 nitrogen and oxygen atoms in total. The molecule has 0 radical (unpaired) electrons. The lowest BCUT2D eigenvalue weighted by Gasteiger charge is -2.24. The van der Waals surface area contributed by atoms with Crippen molar-refractivity contribution in [3.05, 3.63) is 52.7 Å². The third-order valence-corrected chi connectivity index (χ3v) is 5.03. The molecule has 2 aromatic heterocycles. The highest BCUT2D eigenvalue weighted by molar-refractivity contribution is 5.81. The minimum Gasteiger partial charge on any atom is -0.334 e. The molecule has 0 saturated carbocycles. The summed E-state index contributed by atoms with van der Waals surface area (Å²) in [6, 6.07) is 7.61. The van der Waals surface area contributed by atoms with Crippen LogP contribution < -0.4 is 5.69 Å². The summed E-state index contributed by atoms with van der Waals surface area (Å²) in [6.07, 6.45) is 5.68. The van der Waals surface area contributed by atoms with Gasteiger partial charge in [-0.25, -0.2) is 4.79 Å². The summed E-state index contributed by atoms with van der Waals surface area (Å²) in [5.41, 5.74) is 2.52. The molecule has 0 unspecified atom stereocenters. The Labute approximate surface area is 145 Å². The number of imidazole rings is 1. The number of nitrogens with zero attached hydrogens (tertiary/aromatic N) is 5. The molecule has 25 heavy (non-hydrogen) atoms. The summed E-state index contributed by atoms with van der Waals surface area (Å²) in [5.74, 6) is -0.0233. The van der Waals surface area contributed by atoms with E-state index in [-0.39, 0.29) is 24.2 Å². The van der Waals surface area contributed by atoms with Crippen molar-refractivity contribution in [1.29, 1.82) is 0 Å². The molecule has 7 heteroatoms. The Morgan fingerprint density at radius 3 is 2.72 bits per heavy atom. The van der Waals surface area contributed by atoms with Crippen molar-refractivity contribution in [1.82, 2.24) is 23.8 Å². The number of aromatic nitrogens is 4. The fraction of sp³-hybridized carbons (Fsp3) is 0.389. The van der Waals surface area contributed by atoms with Crippen LogP contribution in [0.4, 0.5) is 0 Å². The van der Waals surface area contributed by atoms with Gasteiger partial charge in [0.1, 0.15) is 6.54 Å². The maximum Gasteiger partial charge on any atom is 0.329 e. The second-order valence-electron chi connectivity index (χ2n) is 6.61. The molecule has 1 saturated heterocycles. The van der Waals surface area contributed by atoms with E-state index in [1.807, 2.05) is 48.6 Å². The number of carbonyl (C=O) groups is 1. The third-order valence-electron chi connectivity index (χ3n) is 5.03. The van der Waals surface area contributed by atoms with Gasteiger partial charge in [-0.05, 0) is 25.0 Å². The van der Waals surface area contributed by atoms with E-state index in [0.717, 1.165) is 36.0 Å². The summed E-state index contributed by atoms with van der Waals surface area (Å²) >= 11 is 0. The zero-order valence-electron chi connectivity index (χ0n) is 14.4. The summed E-state index contributed by atoms with van der Waals surface area (Å²) < 4.78 is 4.91. The number of rotatable bonds is 3. The quantitative estimate of drug-likeness (QED) is 0.725. The van der Waals surface area contributed by atoms with Crippen LogP contribution in [0.3, 0.4) is 0 Å². The number of carbonyl (C=O) groups excluding carboxylic acids is 1. The highest BCUT2D eigenvalue weighted by atomic mass is 16.2. The van der Waals surface area contributed by atoms with Crippen LogP contribution in [0.1, 0.15) is 24.4 Å². The van der Waals surface area contributed by atoms with Crippen LogP contribution in [0.25, 0.3) is 11.0 Å². The van der Waals surface area contributed by atoms with Gasteiger partial charge >= 0.3 is 5.69 Å². The van der Waals surface area contributed by atoms with Crippen LogP contribution in [0, 0.1) is 0 Å². The van der Waals surface area contributed by atoms with Crippen molar-refractivity contribution in [2.45, 2.75) is 25.4 Å². The van der Waals surface area contributed by atoms with E-state index >= 15 is 0 Å². The highest BCUT2D eigenvalue weighted by Gasteiger charge is 2.31. The molecule has 4 rings (SSSR count). The molecule has 0 aliphatic carbocycles. The van der Waals surface area contributed by atoms with E-state index in [4.69, 9.17) is 0 Å². The Hall–Kier alpha value is -2.83. The van der Waals surface area contributed by atoms with Gasteiger partial charge in [-0.3, -0.25) is 18.6 Å². The number of amides is 1. The van der Waals surface area contributed by atoms with Crippen molar-refractivity contribution in [2.75, 3.05) is 6.54 Å². The number of likely N-dealkylation sites (tertiary alicyclic amines) is 1. The van der Waals surface area contributed by atoms with Crippen LogP contribution in [0.5, 0.6) is 0 Å². The molecule has 0 bridgehead atoms. The number of hydrogen-bond acceptors (Lipinski definition) is 3. The molecule has 1 amide bonds. The predicted molar refractivity (Wildman–Crippen MR) is 94.1 cm³/mol. The molecule has 1 aliphatic heterocycles. The monoisotopic (exact) mass is 339 g/mol. The summed E-state index contributed by atoms with van der Waals surface area (Å²) in [4.78, 5) is 27.4. The van der Waals surface area contributed by atoms with Gasteiger partial charge in [0, 0.05) is 32.4 Å². The lowest BCUT2D eigenvalue weighted by Crippen LogP contribution is -2.36. The summed E-state index contributed by atoms with van der Waals surface area (Å²) in [7, 11) is 3.61.